The number of esters is 1. The number of ketones is 3. The van der Waals surface area contributed by atoms with Crippen molar-refractivity contribution >= 4 is 70.5 Å². The zero-order valence-electron chi connectivity index (χ0n) is 63.9. The van der Waals surface area contributed by atoms with E-state index < -0.39 is 136 Å². The molecule has 23 nitrogen and oxygen atoms in total. The van der Waals surface area contributed by atoms with Crippen LogP contribution in [-0.4, -0.2) is 182 Å². The number of methoxy groups -OCH3 is 2. The van der Waals surface area contributed by atoms with Crippen molar-refractivity contribution in [3.63, 3.8) is 0 Å². The van der Waals surface area contributed by atoms with E-state index in [0.29, 0.717) is 37.1 Å². The summed E-state index contributed by atoms with van der Waals surface area (Å²) >= 11 is 0. The molecule has 8 amide bonds. The topological polar surface area (TPSA) is 303 Å². The van der Waals surface area contributed by atoms with Crippen LogP contribution >= 0.6 is 0 Å². The summed E-state index contributed by atoms with van der Waals surface area (Å²) < 4.78 is 74.1. The lowest BCUT2D eigenvalue weighted by atomic mass is 9.83. The van der Waals surface area contributed by atoms with Crippen LogP contribution in [0.4, 0.5) is 28.0 Å². The predicted molar refractivity (Wildman–Crippen MR) is 388 cm³/mol. The van der Waals surface area contributed by atoms with E-state index in [-0.39, 0.29) is 150 Å². The number of carbonyl (C=O) groups excluding carboxylic acids is 11. The highest BCUT2D eigenvalue weighted by Gasteiger charge is 2.44. The van der Waals surface area contributed by atoms with Gasteiger partial charge in [-0.1, -0.05) is 111 Å². The number of hydrogen-bond donors (Lipinski definition) is 5. The Morgan fingerprint density at radius 2 is 1.28 bits per heavy atom. The molecular formula is C78H113F4N9O14. The highest BCUT2D eigenvalue weighted by atomic mass is 19.2. The third kappa shape index (κ3) is 24.7. The average Bonchev–Trinajstić information content (AvgIpc) is 1.80. The van der Waals surface area contributed by atoms with Crippen molar-refractivity contribution in [2.75, 3.05) is 66.9 Å². The quantitative estimate of drug-likeness (QED) is 0.0116. The number of benzene rings is 3. The Hall–Kier alpha value is -8.17. The molecule has 3 aromatic carbocycles. The van der Waals surface area contributed by atoms with E-state index >= 15 is 0 Å². The Morgan fingerprint density at radius 1 is 0.657 bits per heavy atom. The highest BCUT2D eigenvalue weighted by Crippen LogP contribution is 2.35. The zero-order valence-corrected chi connectivity index (χ0v) is 63.9. The first-order chi connectivity index (χ1) is 49.6. The molecule has 2 fully saturated rings. The molecule has 11 atom stereocenters. The second-order valence-electron chi connectivity index (χ2n) is 29.6. The van der Waals surface area contributed by atoms with Gasteiger partial charge in [0, 0.05) is 121 Å². The molecule has 0 aliphatic carbocycles. The Kier molecular flexibility index (Phi) is 34.7. The minimum absolute atomic E-state index is 0.00114. The van der Waals surface area contributed by atoms with E-state index in [2.05, 4.69) is 21.3 Å². The fourth-order valence-corrected chi connectivity index (χ4v) is 14.5. The molecule has 0 spiro atoms. The fraction of sp³-hybridized carbons (Fsp3) is 0.628. The maximum Gasteiger partial charge on any atom is 0.314 e. The van der Waals surface area contributed by atoms with Gasteiger partial charge in [-0.15, -0.1) is 0 Å². The monoisotopic (exact) mass is 1480 g/mol. The minimum Gasteiger partial charge on any atom is -0.420 e. The molecule has 0 unspecified atom stereocenters. The average molecular weight is 1480 g/mol. The van der Waals surface area contributed by atoms with Crippen LogP contribution in [-0.2, 0) is 70.4 Å². The third-order valence-electron chi connectivity index (χ3n) is 20.8. The lowest BCUT2D eigenvalue weighted by molar-refractivity contribution is -0.149. The van der Waals surface area contributed by atoms with Gasteiger partial charge in [0.1, 0.15) is 5.78 Å². The Labute approximate surface area is 616 Å². The smallest absolute Gasteiger partial charge is 0.314 e. The standard InChI is InChI=1S/C78H113F4N9O14/c1-16-47(8)71(89(13)76(100)56(44(2)3)41-60(94)70(46(6)7)88(11)12)61(103-14)42-64(97)91-35-21-25-57(91)72(104-15)48(9)58(92)40-54(38-50-22-18-17-19-23-50)74(98)85-43-51-26-28-55(29-27-51)86-75(99)53(24-20-34-84-78(83)102)39-59(93)69(45(4)5)87-62(95)30-31-63(96)90-36-32-52(33-37-90)77(101)105-73-67(81)65(79)49(10)66(80)68(73)82/h17-19,22-23,26-29,44-48,52-54,56-57,61,69-72H,16,20-21,24-25,30-43H2,1-15H3,(H,85,98)(H,86,99)(H,87,95)(H3,83,84,102)/t47-,48-,53+,54+,56-,57-,61+,69-,70-,71-,72+/m0/s1. The van der Waals surface area contributed by atoms with Crippen molar-refractivity contribution in [3.8, 4) is 5.75 Å². The number of hydrogen-bond acceptors (Lipinski definition) is 15. The van der Waals surface area contributed by atoms with Crippen molar-refractivity contribution in [2.45, 2.75) is 202 Å². The van der Waals surface area contributed by atoms with Crippen molar-refractivity contribution in [3.05, 3.63) is 94.6 Å². The summed E-state index contributed by atoms with van der Waals surface area (Å²) in [5.41, 5.74) is 6.21. The molecule has 6 N–H and O–H groups in total. The van der Waals surface area contributed by atoms with Crippen LogP contribution < -0.4 is 31.7 Å². The SMILES string of the molecule is CC[C@H](C)[C@@H]([C@@H](CC(=O)N1CCC[C@H]1[C@H](OC)[C@@H](C)C(=O)C[C@@H](Cc1ccccc1)C(=O)NCc1ccc(NC(=O)[C@H](CCCNC(N)=O)CC(=O)[C@@H](NC(=O)CCC(=O)N2CCC(C(=O)Oc3c(F)c(F)c(C)c(F)c3F)CC2)C(C)C)cc1)OC)N(C)C(=O)[C@@H](CC(=O)[C@H](C(C)C)N(C)C)C(C)C. The summed E-state index contributed by atoms with van der Waals surface area (Å²) in [4.78, 5) is 158. The van der Waals surface area contributed by atoms with Crippen LogP contribution in [0.5, 0.6) is 5.75 Å². The molecule has 582 valence electrons. The van der Waals surface area contributed by atoms with Gasteiger partial charge in [-0.3, -0.25) is 52.8 Å². The molecule has 0 saturated carbocycles. The number of nitrogens with two attached hydrogens (primary N) is 1. The van der Waals surface area contributed by atoms with Crippen LogP contribution in [0, 0.1) is 83.5 Å². The van der Waals surface area contributed by atoms with Crippen molar-refractivity contribution < 1.29 is 84.5 Å². The lowest BCUT2D eigenvalue weighted by Crippen LogP contribution is -2.54. The van der Waals surface area contributed by atoms with E-state index in [1.54, 1.807) is 61.9 Å². The normalized spacial score (nSPS) is 17.0. The first kappa shape index (κ1) is 87.5. The number of likely N-dealkylation sites (tertiary alicyclic amines) is 2. The number of nitrogens with zero attached hydrogens (tertiary/aromatic N) is 4. The molecule has 3 aromatic rings. The molecule has 2 saturated heterocycles. The van der Waals surface area contributed by atoms with Gasteiger partial charge in [-0.05, 0) is 113 Å². The molecule has 27 heteroatoms. The molecule has 105 heavy (non-hydrogen) atoms. The summed E-state index contributed by atoms with van der Waals surface area (Å²) in [6.45, 7) is 18.5. The second-order valence-corrected chi connectivity index (χ2v) is 29.6. The molecule has 2 aliphatic rings. The van der Waals surface area contributed by atoms with E-state index in [9.17, 15) is 70.3 Å². The Morgan fingerprint density at radius 3 is 1.83 bits per heavy atom. The second kappa shape index (κ2) is 41.7. The van der Waals surface area contributed by atoms with Crippen LogP contribution in [0.3, 0.4) is 0 Å². The number of likely N-dealkylation sites (N-methyl/N-ethyl adjacent to an activating group) is 2. The van der Waals surface area contributed by atoms with Crippen LogP contribution in [0.15, 0.2) is 54.6 Å². The van der Waals surface area contributed by atoms with E-state index in [4.69, 9.17) is 19.9 Å². The number of Topliss-reactive ketones (excluding diaryl/α,β-unsaturated/α-hetero) is 3. The molecule has 0 aromatic heterocycles. The van der Waals surface area contributed by atoms with Crippen LogP contribution in [0.25, 0.3) is 0 Å². The number of piperidine rings is 1. The number of rotatable bonds is 41. The van der Waals surface area contributed by atoms with Crippen molar-refractivity contribution in [1.82, 2.24) is 35.6 Å². The first-order valence-electron chi connectivity index (χ1n) is 36.8. The minimum atomic E-state index is -1.85. The number of carbonyl (C=O) groups is 11. The summed E-state index contributed by atoms with van der Waals surface area (Å²) in [7, 11) is 8.53. The van der Waals surface area contributed by atoms with Gasteiger partial charge in [0.05, 0.1) is 48.7 Å². The number of anilines is 1. The molecule has 0 radical (unpaired) electrons. The summed E-state index contributed by atoms with van der Waals surface area (Å²) in [5.74, 6) is -17.5. The van der Waals surface area contributed by atoms with Gasteiger partial charge in [0.2, 0.25) is 52.8 Å². The van der Waals surface area contributed by atoms with Gasteiger partial charge >= 0.3 is 12.0 Å². The van der Waals surface area contributed by atoms with Crippen LogP contribution in [0.2, 0.25) is 0 Å². The van der Waals surface area contributed by atoms with E-state index in [0.717, 1.165) is 12.5 Å². The highest BCUT2D eigenvalue weighted by molar-refractivity contribution is 5.98. The van der Waals surface area contributed by atoms with Gasteiger partial charge < -0.3 is 55.9 Å². The van der Waals surface area contributed by atoms with Crippen LogP contribution in [0.1, 0.15) is 162 Å². The van der Waals surface area contributed by atoms with Gasteiger partial charge in [-0.25, -0.2) is 13.6 Å². The van der Waals surface area contributed by atoms with Crippen molar-refractivity contribution in [2.24, 2.45) is 59.0 Å². The number of amides is 8. The van der Waals surface area contributed by atoms with E-state index in [1.165, 1.54) is 19.1 Å². The Bertz CT molecular complexity index is 3430. The third-order valence-corrected chi connectivity index (χ3v) is 20.8. The molecule has 0 bridgehead atoms. The fourth-order valence-electron chi connectivity index (χ4n) is 14.5. The first-order valence-corrected chi connectivity index (χ1v) is 36.8. The maximum atomic E-state index is 14.7. The number of halogens is 4. The number of nitrogens with one attached hydrogen (secondary N) is 4. The molecule has 2 aliphatic heterocycles. The van der Waals surface area contributed by atoms with Gasteiger partial charge in [0.15, 0.2) is 23.2 Å². The zero-order chi connectivity index (χ0) is 78.3. The number of ether oxygens (including phenoxy) is 3. The largest absolute Gasteiger partial charge is 0.420 e. The molecule has 5 rings (SSSR count). The molecule has 2 heterocycles. The van der Waals surface area contributed by atoms with Gasteiger partial charge in [0.25, 0.3) is 0 Å². The Balaban J connectivity index is 1.20. The lowest BCUT2D eigenvalue weighted by Gasteiger charge is -2.41. The summed E-state index contributed by atoms with van der Waals surface area (Å²) in [6, 6.07) is 12.8. The van der Waals surface area contributed by atoms with E-state index in [1.807, 2.05) is 90.9 Å². The maximum absolute atomic E-state index is 14.7. The predicted octanol–water partition coefficient (Wildman–Crippen LogP) is 9.45. The number of primary amides is 1. The van der Waals surface area contributed by atoms with Gasteiger partial charge in [-0.2, -0.15) is 8.78 Å². The van der Waals surface area contributed by atoms with Crippen molar-refractivity contribution in [1.29, 1.82) is 0 Å². The summed E-state index contributed by atoms with van der Waals surface area (Å²) in [6.07, 6.45) is 0.0277. The number of urea groups is 1. The summed E-state index contributed by atoms with van der Waals surface area (Å²) in [5, 5.41) is 11.0. The molecular weight excluding hydrogens is 1360 g/mol.